The number of carbonyl (C=O) groups excluding carboxylic acids is 3. The lowest BCUT2D eigenvalue weighted by molar-refractivity contribution is -0.130. The Bertz CT molecular complexity index is 797. The van der Waals surface area contributed by atoms with Gasteiger partial charge in [-0.15, -0.1) is 11.3 Å². The van der Waals surface area contributed by atoms with Crippen LogP contribution in [0.5, 0.6) is 0 Å². The lowest BCUT2D eigenvalue weighted by Crippen LogP contribution is -2.54. The summed E-state index contributed by atoms with van der Waals surface area (Å²) in [6.07, 6.45) is 0.552. The van der Waals surface area contributed by atoms with E-state index in [0.717, 1.165) is 5.56 Å². The van der Waals surface area contributed by atoms with E-state index >= 15 is 0 Å². The minimum absolute atomic E-state index is 0.0154. The van der Waals surface area contributed by atoms with E-state index in [1.807, 2.05) is 30.3 Å². The van der Waals surface area contributed by atoms with E-state index < -0.39 is 18.0 Å². The van der Waals surface area contributed by atoms with Crippen molar-refractivity contribution in [3.63, 3.8) is 0 Å². The van der Waals surface area contributed by atoms with Gasteiger partial charge in [-0.1, -0.05) is 36.4 Å². The van der Waals surface area contributed by atoms with Crippen LogP contribution in [0.4, 0.5) is 0 Å². The van der Waals surface area contributed by atoms with E-state index in [9.17, 15) is 14.4 Å². The molecule has 1 aliphatic heterocycles. The van der Waals surface area contributed by atoms with Crippen LogP contribution in [0.15, 0.2) is 47.8 Å². The summed E-state index contributed by atoms with van der Waals surface area (Å²) < 4.78 is 0. The van der Waals surface area contributed by atoms with Crippen LogP contribution < -0.4 is 27.0 Å². The summed E-state index contributed by atoms with van der Waals surface area (Å²) in [4.78, 5) is 36.8. The molecule has 1 fully saturated rings. The quantitative estimate of drug-likeness (QED) is 0.483. The summed E-state index contributed by atoms with van der Waals surface area (Å²) in [5, 5.41) is 4.37. The first-order valence-electron chi connectivity index (χ1n) is 8.54. The van der Waals surface area contributed by atoms with Crippen molar-refractivity contribution in [2.45, 2.75) is 31.5 Å². The second kappa shape index (κ2) is 8.76. The monoisotopic (exact) mass is 387 g/mol. The highest BCUT2D eigenvalue weighted by atomic mass is 32.1. The van der Waals surface area contributed by atoms with Crippen LogP contribution in [0.1, 0.15) is 34.6 Å². The van der Waals surface area contributed by atoms with Crippen LogP contribution in [-0.4, -0.2) is 29.8 Å². The number of hydrazine groups is 2. The number of benzene rings is 1. The first-order chi connectivity index (χ1) is 13.0. The van der Waals surface area contributed by atoms with Crippen LogP contribution in [0.2, 0.25) is 0 Å². The van der Waals surface area contributed by atoms with E-state index in [0.29, 0.717) is 11.3 Å². The third-order valence-corrected chi connectivity index (χ3v) is 5.09. The Morgan fingerprint density at radius 1 is 1.07 bits per heavy atom. The zero-order valence-corrected chi connectivity index (χ0v) is 15.5. The Balaban J connectivity index is 1.43. The Labute approximate surface area is 160 Å². The SMILES string of the molecule is CC(NC(=O)c1cccs1)C(=O)NNC(=O)C1CC(c2ccccc2)NN1. The minimum atomic E-state index is -0.786. The highest BCUT2D eigenvalue weighted by Gasteiger charge is 2.30. The van der Waals surface area contributed by atoms with E-state index in [4.69, 9.17) is 0 Å². The van der Waals surface area contributed by atoms with Crippen molar-refractivity contribution in [1.29, 1.82) is 0 Å². The second-order valence-electron chi connectivity index (χ2n) is 6.19. The fraction of sp³-hybridized carbons (Fsp3) is 0.278. The van der Waals surface area contributed by atoms with Crippen molar-refractivity contribution in [2.75, 3.05) is 0 Å². The minimum Gasteiger partial charge on any atom is -0.340 e. The molecule has 5 N–H and O–H groups in total. The predicted octanol–water partition coefficient (Wildman–Crippen LogP) is 0.622. The molecule has 1 aromatic heterocycles. The fourth-order valence-corrected chi connectivity index (χ4v) is 3.32. The maximum atomic E-state index is 12.2. The third-order valence-electron chi connectivity index (χ3n) is 4.22. The molecule has 0 radical (unpaired) electrons. The normalized spacial score (nSPS) is 19.9. The van der Waals surface area contributed by atoms with E-state index in [-0.39, 0.29) is 17.9 Å². The molecule has 0 bridgehead atoms. The molecule has 1 saturated heterocycles. The molecule has 0 aliphatic carbocycles. The zero-order valence-electron chi connectivity index (χ0n) is 14.7. The van der Waals surface area contributed by atoms with Gasteiger partial charge in [-0.3, -0.25) is 25.2 Å². The van der Waals surface area contributed by atoms with E-state index in [2.05, 4.69) is 27.0 Å². The summed E-state index contributed by atoms with van der Waals surface area (Å²) >= 11 is 1.29. The third kappa shape index (κ3) is 4.91. The maximum Gasteiger partial charge on any atom is 0.261 e. The molecule has 8 nitrogen and oxygen atoms in total. The topological polar surface area (TPSA) is 111 Å². The van der Waals surface area contributed by atoms with Gasteiger partial charge < -0.3 is 5.32 Å². The number of hydrogen-bond acceptors (Lipinski definition) is 6. The molecule has 3 rings (SSSR count). The number of rotatable bonds is 5. The van der Waals surface area contributed by atoms with E-state index in [1.54, 1.807) is 24.4 Å². The molecule has 2 heterocycles. The summed E-state index contributed by atoms with van der Waals surface area (Å²) in [6.45, 7) is 1.55. The van der Waals surface area contributed by atoms with Gasteiger partial charge in [-0.25, -0.2) is 10.9 Å². The molecule has 1 aromatic carbocycles. The zero-order chi connectivity index (χ0) is 19.2. The van der Waals surface area contributed by atoms with Crippen LogP contribution in [0, 0.1) is 0 Å². The highest BCUT2D eigenvalue weighted by molar-refractivity contribution is 7.12. The maximum absolute atomic E-state index is 12.2. The van der Waals surface area contributed by atoms with Gasteiger partial charge in [0.2, 0.25) is 0 Å². The Morgan fingerprint density at radius 2 is 1.85 bits per heavy atom. The lowest BCUT2D eigenvalue weighted by Gasteiger charge is -2.16. The molecule has 1 aliphatic rings. The first kappa shape index (κ1) is 19.0. The van der Waals surface area contributed by atoms with Crippen molar-refractivity contribution in [3.8, 4) is 0 Å². The van der Waals surface area contributed by atoms with Crippen LogP contribution in [0.3, 0.4) is 0 Å². The smallest absolute Gasteiger partial charge is 0.261 e. The molecule has 0 spiro atoms. The Hall–Kier alpha value is -2.75. The van der Waals surface area contributed by atoms with Crippen LogP contribution in [0.25, 0.3) is 0 Å². The number of carbonyl (C=O) groups is 3. The molecule has 3 unspecified atom stereocenters. The lowest BCUT2D eigenvalue weighted by atomic mass is 10.0. The van der Waals surface area contributed by atoms with Crippen molar-refractivity contribution < 1.29 is 14.4 Å². The standard InChI is InChI=1S/C18H21N5O3S/c1-11(19-18(26)15-8-5-9-27-15)16(24)22-23-17(25)14-10-13(20-21-14)12-6-3-2-4-7-12/h2-9,11,13-14,20-21H,10H2,1H3,(H,19,26)(H,22,24)(H,23,25). The van der Waals surface area contributed by atoms with Crippen molar-refractivity contribution in [2.24, 2.45) is 0 Å². The van der Waals surface area contributed by atoms with E-state index in [1.165, 1.54) is 11.3 Å². The Kier molecular flexibility index (Phi) is 6.17. The molecule has 9 heteroatoms. The Morgan fingerprint density at radius 3 is 2.56 bits per heavy atom. The predicted molar refractivity (Wildman–Crippen MR) is 101 cm³/mol. The van der Waals surface area contributed by atoms with Gasteiger partial charge in [0, 0.05) is 6.04 Å². The van der Waals surface area contributed by atoms with Gasteiger partial charge in [-0.2, -0.15) is 0 Å². The van der Waals surface area contributed by atoms with Crippen molar-refractivity contribution in [1.82, 2.24) is 27.0 Å². The highest BCUT2D eigenvalue weighted by Crippen LogP contribution is 2.21. The fourth-order valence-electron chi connectivity index (χ4n) is 2.69. The number of hydrogen-bond donors (Lipinski definition) is 5. The molecular formula is C18H21N5O3S. The second-order valence-corrected chi connectivity index (χ2v) is 7.14. The summed E-state index contributed by atoms with van der Waals surface area (Å²) in [5.41, 5.74) is 11.8. The van der Waals surface area contributed by atoms with Gasteiger partial charge in [0.15, 0.2) is 0 Å². The molecule has 142 valence electrons. The van der Waals surface area contributed by atoms with Crippen molar-refractivity contribution >= 4 is 29.1 Å². The van der Waals surface area contributed by atoms with Gasteiger partial charge in [0.25, 0.3) is 17.7 Å². The molecule has 2 aromatic rings. The number of amides is 3. The largest absolute Gasteiger partial charge is 0.340 e. The summed E-state index contributed by atoms with van der Waals surface area (Å²) in [6, 6.07) is 12.0. The summed E-state index contributed by atoms with van der Waals surface area (Å²) in [5.74, 6) is -1.18. The molecule has 0 saturated carbocycles. The van der Waals surface area contributed by atoms with Gasteiger partial charge in [0.1, 0.15) is 12.1 Å². The average Bonchev–Trinajstić information content (AvgIpc) is 3.38. The molecule has 27 heavy (non-hydrogen) atoms. The van der Waals surface area contributed by atoms with Gasteiger partial charge in [-0.05, 0) is 30.4 Å². The van der Waals surface area contributed by atoms with Crippen molar-refractivity contribution in [3.05, 3.63) is 58.3 Å². The first-order valence-corrected chi connectivity index (χ1v) is 9.42. The summed E-state index contributed by atoms with van der Waals surface area (Å²) in [7, 11) is 0. The average molecular weight is 387 g/mol. The molecular weight excluding hydrogens is 366 g/mol. The van der Waals surface area contributed by atoms with Crippen LogP contribution >= 0.6 is 11.3 Å². The molecule has 3 amide bonds. The van der Waals surface area contributed by atoms with Gasteiger partial charge in [0.05, 0.1) is 4.88 Å². The number of thiophene rings is 1. The molecule has 3 atom stereocenters. The van der Waals surface area contributed by atoms with Gasteiger partial charge >= 0.3 is 0 Å². The number of nitrogens with one attached hydrogen (secondary N) is 5. The van der Waals surface area contributed by atoms with Crippen LogP contribution in [-0.2, 0) is 9.59 Å².